The molecule has 0 N–H and O–H groups in total. The van der Waals surface area contributed by atoms with E-state index < -0.39 is 10.9 Å². The molecule has 0 radical (unpaired) electrons. The largest absolute Gasteiger partial charge is 0.457 e. The number of benzene rings is 2. The van der Waals surface area contributed by atoms with Gasteiger partial charge in [-0.25, -0.2) is 4.79 Å². The summed E-state index contributed by atoms with van der Waals surface area (Å²) in [5, 5.41) is 11.0. The van der Waals surface area contributed by atoms with Crippen molar-refractivity contribution in [2.24, 2.45) is 0 Å². The van der Waals surface area contributed by atoms with Gasteiger partial charge in [0, 0.05) is 16.7 Å². The van der Waals surface area contributed by atoms with Crippen molar-refractivity contribution in [1.29, 1.82) is 0 Å². The van der Waals surface area contributed by atoms with Crippen molar-refractivity contribution in [1.82, 2.24) is 0 Å². The number of ether oxygens (including phenoxy) is 1. The molecule has 2 rings (SSSR count). The standard InChI is InChI=1S/C14H9Cl2NO4/c15-11-4-2-1-3-10(11)8-21-14(18)9-5-6-13(17(19)20)12(16)7-9/h1-7H,8H2. The van der Waals surface area contributed by atoms with Gasteiger partial charge >= 0.3 is 5.97 Å². The van der Waals surface area contributed by atoms with Crippen LogP contribution in [0.25, 0.3) is 0 Å². The minimum atomic E-state index is -0.633. The lowest BCUT2D eigenvalue weighted by Gasteiger charge is -2.06. The summed E-state index contributed by atoms with van der Waals surface area (Å²) in [6.45, 7) is 0.00706. The van der Waals surface area contributed by atoms with Gasteiger partial charge in [0.1, 0.15) is 11.6 Å². The number of hydrogen-bond donors (Lipinski definition) is 0. The van der Waals surface area contributed by atoms with Crippen LogP contribution in [-0.4, -0.2) is 10.9 Å². The highest BCUT2D eigenvalue weighted by Gasteiger charge is 2.16. The third-order valence-electron chi connectivity index (χ3n) is 2.70. The zero-order valence-corrected chi connectivity index (χ0v) is 12.1. The molecule has 0 aromatic heterocycles. The highest BCUT2D eigenvalue weighted by Crippen LogP contribution is 2.25. The van der Waals surface area contributed by atoms with E-state index in [-0.39, 0.29) is 22.9 Å². The number of nitro benzene ring substituents is 1. The lowest BCUT2D eigenvalue weighted by molar-refractivity contribution is -0.384. The predicted molar refractivity (Wildman–Crippen MR) is 78.7 cm³/mol. The summed E-state index contributed by atoms with van der Waals surface area (Å²) < 4.78 is 5.10. The summed E-state index contributed by atoms with van der Waals surface area (Å²) in [5.74, 6) is -0.633. The van der Waals surface area contributed by atoms with Gasteiger partial charge in [-0.2, -0.15) is 0 Å². The van der Waals surface area contributed by atoms with Crippen LogP contribution in [0.3, 0.4) is 0 Å². The molecular weight excluding hydrogens is 317 g/mol. The average molecular weight is 326 g/mol. The molecule has 21 heavy (non-hydrogen) atoms. The van der Waals surface area contributed by atoms with Crippen molar-refractivity contribution in [2.45, 2.75) is 6.61 Å². The van der Waals surface area contributed by atoms with E-state index in [4.69, 9.17) is 27.9 Å². The first-order chi connectivity index (χ1) is 9.99. The topological polar surface area (TPSA) is 69.4 Å². The molecule has 5 nitrogen and oxygen atoms in total. The summed E-state index contributed by atoms with van der Waals surface area (Å²) in [6.07, 6.45) is 0. The van der Waals surface area contributed by atoms with E-state index in [2.05, 4.69) is 0 Å². The Morgan fingerprint density at radius 3 is 2.48 bits per heavy atom. The minimum Gasteiger partial charge on any atom is -0.457 e. The molecule has 0 amide bonds. The van der Waals surface area contributed by atoms with Crippen LogP contribution in [0.1, 0.15) is 15.9 Å². The predicted octanol–water partition coefficient (Wildman–Crippen LogP) is 4.26. The Labute approximate surface area is 130 Å². The van der Waals surface area contributed by atoms with Crippen LogP contribution in [0.4, 0.5) is 5.69 Å². The molecule has 0 bridgehead atoms. The summed E-state index contributed by atoms with van der Waals surface area (Å²) in [4.78, 5) is 21.9. The van der Waals surface area contributed by atoms with Gasteiger partial charge in [-0.1, -0.05) is 41.4 Å². The fraction of sp³-hybridized carbons (Fsp3) is 0.0714. The summed E-state index contributed by atoms with van der Waals surface area (Å²) in [5.41, 5.74) is 0.539. The van der Waals surface area contributed by atoms with Crippen LogP contribution in [-0.2, 0) is 11.3 Å². The maximum Gasteiger partial charge on any atom is 0.338 e. The third kappa shape index (κ3) is 3.71. The van der Waals surface area contributed by atoms with Gasteiger partial charge in [0.25, 0.3) is 5.69 Å². The van der Waals surface area contributed by atoms with Gasteiger partial charge < -0.3 is 4.74 Å². The third-order valence-corrected chi connectivity index (χ3v) is 3.37. The molecule has 0 aliphatic carbocycles. The number of hydrogen-bond acceptors (Lipinski definition) is 4. The van der Waals surface area contributed by atoms with Crippen molar-refractivity contribution in [3.63, 3.8) is 0 Å². The highest BCUT2D eigenvalue weighted by atomic mass is 35.5. The maximum absolute atomic E-state index is 11.9. The van der Waals surface area contributed by atoms with E-state index in [1.165, 1.54) is 12.1 Å². The molecule has 2 aromatic rings. The first-order valence-electron chi connectivity index (χ1n) is 5.83. The second-order valence-corrected chi connectivity index (χ2v) is 4.91. The van der Waals surface area contributed by atoms with E-state index in [0.29, 0.717) is 10.6 Å². The fourth-order valence-electron chi connectivity index (χ4n) is 1.62. The number of nitro groups is 1. The number of carbonyl (C=O) groups is 1. The summed E-state index contributed by atoms with van der Waals surface area (Å²) >= 11 is 11.7. The Bertz CT molecular complexity index is 703. The minimum absolute atomic E-state index is 0.00706. The molecule has 0 fully saturated rings. The Morgan fingerprint density at radius 2 is 1.86 bits per heavy atom. The zero-order chi connectivity index (χ0) is 15.4. The van der Waals surface area contributed by atoms with Gasteiger partial charge in [-0.3, -0.25) is 10.1 Å². The van der Waals surface area contributed by atoms with E-state index in [1.807, 2.05) is 0 Å². The van der Waals surface area contributed by atoms with Crippen LogP contribution in [0, 0.1) is 10.1 Å². The second kappa shape index (κ2) is 6.56. The number of esters is 1. The van der Waals surface area contributed by atoms with Gasteiger partial charge in [0.15, 0.2) is 0 Å². The molecule has 2 aromatic carbocycles. The van der Waals surface area contributed by atoms with Crippen molar-refractivity contribution < 1.29 is 14.5 Å². The van der Waals surface area contributed by atoms with Gasteiger partial charge in [-0.05, 0) is 18.2 Å². The van der Waals surface area contributed by atoms with E-state index in [0.717, 1.165) is 6.07 Å². The monoisotopic (exact) mass is 325 g/mol. The van der Waals surface area contributed by atoms with Crippen LogP contribution in [0.5, 0.6) is 0 Å². The first-order valence-corrected chi connectivity index (χ1v) is 6.59. The van der Waals surface area contributed by atoms with Crippen LogP contribution >= 0.6 is 23.2 Å². The van der Waals surface area contributed by atoms with Gasteiger partial charge in [0.05, 0.1) is 10.5 Å². The molecule has 7 heteroatoms. The molecule has 0 heterocycles. The molecule has 0 aliphatic rings. The van der Waals surface area contributed by atoms with E-state index in [9.17, 15) is 14.9 Å². The first kappa shape index (κ1) is 15.3. The number of carbonyl (C=O) groups excluding carboxylic acids is 1. The van der Waals surface area contributed by atoms with Gasteiger partial charge in [0.2, 0.25) is 0 Å². The summed E-state index contributed by atoms with van der Waals surface area (Å²) in [7, 11) is 0. The van der Waals surface area contributed by atoms with Crippen molar-refractivity contribution in [3.8, 4) is 0 Å². The fourth-order valence-corrected chi connectivity index (χ4v) is 2.06. The Kier molecular flexibility index (Phi) is 4.77. The summed E-state index contributed by atoms with van der Waals surface area (Å²) in [6, 6.07) is 10.6. The lowest BCUT2D eigenvalue weighted by Crippen LogP contribution is -2.06. The Balaban J connectivity index is 2.09. The molecule has 0 aliphatic heterocycles. The average Bonchev–Trinajstić information content (AvgIpc) is 2.45. The van der Waals surface area contributed by atoms with Crippen LogP contribution < -0.4 is 0 Å². The van der Waals surface area contributed by atoms with Crippen LogP contribution in [0.15, 0.2) is 42.5 Å². The number of rotatable bonds is 4. The number of nitrogens with zero attached hydrogens (tertiary/aromatic N) is 1. The van der Waals surface area contributed by atoms with Crippen molar-refractivity contribution in [3.05, 3.63) is 73.8 Å². The Morgan fingerprint density at radius 1 is 1.14 bits per heavy atom. The van der Waals surface area contributed by atoms with Crippen molar-refractivity contribution in [2.75, 3.05) is 0 Å². The van der Waals surface area contributed by atoms with E-state index >= 15 is 0 Å². The molecule has 0 unspecified atom stereocenters. The lowest BCUT2D eigenvalue weighted by atomic mass is 10.2. The molecule has 0 atom stereocenters. The molecular formula is C14H9Cl2NO4. The van der Waals surface area contributed by atoms with Crippen molar-refractivity contribution >= 4 is 34.9 Å². The Hall–Kier alpha value is -2.11. The van der Waals surface area contributed by atoms with Gasteiger partial charge in [-0.15, -0.1) is 0 Å². The molecule has 108 valence electrons. The number of halogens is 2. The highest BCUT2D eigenvalue weighted by molar-refractivity contribution is 6.33. The second-order valence-electron chi connectivity index (χ2n) is 4.09. The van der Waals surface area contributed by atoms with Crippen LogP contribution in [0.2, 0.25) is 10.0 Å². The maximum atomic E-state index is 11.9. The smallest absolute Gasteiger partial charge is 0.338 e. The molecule has 0 spiro atoms. The van der Waals surface area contributed by atoms with E-state index in [1.54, 1.807) is 24.3 Å². The molecule has 0 saturated heterocycles. The zero-order valence-electron chi connectivity index (χ0n) is 10.6. The quantitative estimate of drug-likeness (QED) is 0.478. The SMILES string of the molecule is O=C(OCc1ccccc1Cl)c1ccc([N+](=O)[O-])c(Cl)c1. The molecule has 0 saturated carbocycles. The normalized spacial score (nSPS) is 10.2.